The number of rotatable bonds is 3. The van der Waals surface area contributed by atoms with Crippen molar-refractivity contribution < 1.29 is 0 Å². The van der Waals surface area contributed by atoms with Crippen LogP contribution in [0.15, 0.2) is 12.2 Å². The van der Waals surface area contributed by atoms with Crippen LogP contribution >= 0.6 is 0 Å². The lowest BCUT2D eigenvalue weighted by Crippen LogP contribution is -2.16. The van der Waals surface area contributed by atoms with Crippen molar-refractivity contribution in [1.82, 2.24) is 5.32 Å². The van der Waals surface area contributed by atoms with E-state index in [2.05, 4.69) is 49.4 Å². The molecular weight excluding hydrogens is 162 g/mol. The lowest BCUT2D eigenvalue weighted by molar-refractivity contribution is 0.799. The third-order valence-electron chi connectivity index (χ3n) is 1.16. The van der Waals surface area contributed by atoms with Crippen molar-refractivity contribution in [2.75, 3.05) is 13.1 Å². The molecule has 0 unspecified atom stereocenters. The van der Waals surface area contributed by atoms with Crippen LogP contribution in [-0.4, -0.2) is 21.2 Å². The lowest BCUT2D eigenvalue weighted by Gasteiger charge is -2.02. The highest BCUT2D eigenvalue weighted by Gasteiger charge is 2.06. The molecule has 0 aromatic rings. The highest BCUT2D eigenvalue weighted by molar-refractivity contribution is 6.83. The molecule has 1 nitrogen and oxygen atoms in total. The number of likely N-dealkylation sites (N-methyl/N-ethyl adjacent to an activating group) is 1. The van der Waals surface area contributed by atoms with Gasteiger partial charge in [-0.2, -0.15) is 0 Å². The Labute approximate surface area is 77.3 Å². The van der Waals surface area contributed by atoms with E-state index in [1.807, 2.05) is 6.08 Å². The Morgan fingerprint density at radius 2 is 2.00 bits per heavy atom. The maximum absolute atomic E-state index is 3.27. The molecule has 12 heavy (non-hydrogen) atoms. The Kier molecular flexibility index (Phi) is 5.78. The van der Waals surface area contributed by atoms with Crippen LogP contribution in [0, 0.1) is 11.5 Å². The van der Waals surface area contributed by atoms with Crippen LogP contribution in [0.2, 0.25) is 19.6 Å². The Morgan fingerprint density at radius 3 is 2.50 bits per heavy atom. The second kappa shape index (κ2) is 6.04. The average Bonchev–Trinajstić information content (AvgIpc) is 1.94. The zero-order chi connectivity index (χ0) is 9.45. The van der Waals surface area contributed by atoms with Gasteiger partial charge in [-0.1, -0.05) is 38.6 Å². The number of nitrogens with one attached hydrogen (secondary N) is 1. The van der Waals surface area contributed by atoms with Crippen LogP contribution in [0.5, 0.6) is 0 Å². The molecule has 0 heterocycles. The summed E-state index contributed by atoms with van der Waals surface area (Å²) in [6, 6.07) is 0. The number of allylic oxidation sites excluding steroid dienone is 1. The monoisotopic (exact) mass is 181 g/mol. The first kappa shape index (κ1) is 11.5. The van der Waals surface area contributed by atoms with E-state index in [1.165, 1.54) is 0 Å². The number of hydrogen-bond acceptors (Lipinski definition) is 1. The van der Waals surface area contributed by atoms with E-state index < -0.39 is 8.07 Å². The molecule has 0 aromatic heterocycles. The fourth-order valence-electron chi connectivity index (χ4n) is 0.604. The van der Waals surface area contributed by atoms with Crippen LogP contribution in [-0.2, 0) is 0 Å². The summed E-state index contributed by atoms with van der Waals surface area (Å²) < 4.78 is 0. The molecule has 0 bridgehead atoms. The molecule has 1 N–H and O–H groups in total. The largest absolute Gasteiger partial charge is 0.314 e. The maximum Gasteiger partial charge on any atom is 0.129 e. The van der Waals surface area contributed by atoms with Crippen LogP contribution in [0.25, 0.3) is 0 Å². The first-order valence-electron chi connectivity index (χ1n) is 4.44. The highest BCUT2D eigenvalue weighted by atomic mass is 28.3. The quantitative estimate of drug-likeness (QED) is 0.399. The van der Waals surface area contributed by atoms with E-state index in [0.29, 0.717) is 0 Å². The van der Waals surface area contributed by atoms with Crippen LogP contribution < -0.4 is 5.32 Å². The van der Waals surface area contributed by atoms with E-state index in [-0.39, 0.29) is 0 Å². The molecule has 0 atom stereocenters. The summed E-state index contributed by atoms with van der Waals surface area (Å²) in [5, 5.41) is 3.20. The second-order valence-electron chi connectivity index (χ2n) is 3.73. The van der Waals surface area contributed by atoms with E-state index in [0.717, 1.165) is 13.1 Å². The smallest absolute Gasteiger partial charge is 0.129 e. The van der Waals surface area contributed by atoms with Gasteiger partial charge < -0.3 is 5.32 Å². The van der Waals surface area contributed by atoms with Gasteiger partial charge in [0.2, 0.25) is 0 Å². The molecular formula is C10H19NSi. The van der Waals surface area contributed by atoms with E-state index >= 15 is 0 Å². The summed E-state index contributed by atoms with van der Waals surface area (Å²) >= 11 is 0. The molecule has 0 aliphatic rings. The molecule has 0 saturated heterocycles. The van der Waals surface area contributed by atoms with Gasteiger partial charge in [0.25, 0.3) is 0 Å². The minimum Gasteiger partial charge on any atom is -0.314 e. The van der Waals surface area contributed by atoms with Gasteiger partial charge in [-0.05, 0) is 12.6 Å². The summed E-state index contributed by atoms with van der Waals surface area (Å²) in [7, 11) is -1.16. The standard InChI is InChI=1S/C10H19NSi/c1-5-11-9-7-6-8-10-12(2,3)4/h6-7,11H,5,9H2,1-4H3/b7-6+. The van der Waals surface area contributed by atoms with Gasteiger partial charge in [0, 0.05) is 6.54 Å². The maximum atomic E-state index is 3.27. The number of hydrogen-bond donors (Lipinski definition) is 1. The molecule has 0 spiro atoms. The van der Waals surface area contributed by atoms with Gasteiger partial charge in [0.05, 0.1) is 0 Å². The molecule has 0 rings (SSSR count). The van der Waals surface area contributed by atoms with Crippen molar-refractivity contribution in [3.63, 3.8) is 0 Å². The Bertz CT molecular complexity index is 190. The first-order valence-corrected chi connectivity index (χ1v) is 7.94. The van der Waals surface area contributed by atoms with Crippen molar-refractivity contribution >= 4 is 8.07 Å². The molecule has 0 aliphatic heterocycles. The predicted molar refractivity (Wildman–Crippen MR) is 58.8 cm³/mol. The molecule has 2 heteroatoms. The fourth-order valence-corrected chi connectivity index (χ4v) is 1.12. The fraction of sp³-hybridized carbons (Fsp3) is 0.600. The van der Waals surface area contributed by atoms with Gasteiger partial charge in [-0.3, -0.25) is 0 Å². The summed E-state index contributed by atoms with van der Waals surface area (Å²) in [5.74, 6) is 3.08. The van der Waals surface area contributed by atoms with Crippen molar-refractivity contribution in [2.24, 2.45) is 0 Å². The molecule has 0 amide bonds. The van der Waals surface area contributed by atoms with Gasteiger partial charge >= 0.3 is 0 Å². The van der Waals surface area contributed by atoms with E-state index in [4.69, 9.17) is 0 Å². The Balaban J connectivity index is 3.63. The topological polar surface area (TPSA) is 12.0 Å². The normalized spacial score (nSPS) is 11.3. The molecule has 0 saturated carbocycles. The van der Waals surface area contributed by atoms with Crippen LogP contribution in [0.4, 0.5) is 0 Å². The summed E-state index contributed by atoms with van der Waals surface area (Å²) in [4.78, 5) is 0. The second-order valence-corrected chi connectivity index (χ2v) is 8.48. The molecule has 0 fully saturated rings. The van der Waals surface area contributed by atoms with Gasteiger partial charge in [-0.25, -0.2) is 0 Å². The Morgan fingerprint density at radius 1 is 1.33 bits per heavy atom. The molecule has 0 aromatic carbocycles. The van der Waals surface area contributed by atoms with Crippen LogP contribution in [0.3, 0.4) is 0 Å². The van der Waals surface area contributed by atoms with Gasteiger partial charge in [0.1, 0.15) is 8.07 Å². The van der Waals surface area contributed by atoms with Gasteiger partial charge in [0.15, 0.2) is 0 Å². The summed E-state index contributed by atoms with van der Waals surface area (Å²) in [5.41, 5.74) is 3.27. The van der Waals surface area contributed by atoms with Crippen molar-refractivity contribution in [1.29, 1.82) is 0 Å². The molecule has 0 radical (unpaired) electrons. The van der Waals surface area contributed by atoms with Crippen molar-refractivity contribution in [2.45, 2.75) is 26.6 Å². The van der Waals surface area contributed by atoms with Crippen LogP contribution in [0.1, 0.15) is 6.92 Å². The van der Waals surface area contributed by atoms with E-state index in [9.17, 15) is 0 Å². The zero-order valence-electron chi connectivity index (χ0n) is 8.57. The van der Waals surface area contributed by atoms with Gasteiger partial charge in [-0.15, -0.1) is 5.54 Å². The molecule has 68 valence electrons. The Hall–Kier alpha value is -0.523. The lowest BCUT2D eigenvalue weighted by atomic mass is 10.5. The van der Waals surface area contributed by atoms with Crippen molar-refractivity contribution in [3.05, 3.63) is 12.2 Å². The first-order chi connectivity index (χ1) is 5.56. The average molecular weight is 181 g/mol. The SMILES string of the molecule is CCNC/C=C/C#C[Si](C)(C)C. The third kappa shape index (κ3) is 9.48. The van der Waals surface area contributed by atoms with Crippen molar-refractivity contribution in [3.8, 4) is 11.5 Å². The minimum absolute atomic E-state index is 0.927. The van der Waals surface area contributed by atoms with E-state index in [1.54, 1.807) is 0 Å². The summed E-state index contributed by atoms with van der Waals surface area (Å²) in [6.45, 7) is 10.8. The minimum atomic E-state index is -1.16. The predicted octanol–water partition coefficient (Wildman–Crippen LogP) is 2.03. The third-order valence-corrected chi connectivity index (χ3v) is 2.05. The molecule has 0 aliphatic carbocycles. The summed E-state index contributed by atoms with van der Waals surface area (Å²) in [6.07, 6.45) is 4.01. The zero-order valence-corrected chi connectivity index (χ0v) is 9.57. The highest BCUT2D eigenvalue weighted by Crippen LogP contribution is 1.95.